The van der Waals surface area contributed by atoms with E-state index in [4.69, 9.17) is 10.5 Å². The Morgan fingerprint density at radius 1 is 1.21 bits per heavy atom. The molecule has 5 N–H and O–H groups in total. The smallest absolute Gasteiger partial charge is 0.237 e. The third kappa shape index (κ3) is 3.09. The van der Waals surface area contributed by atoms with Crippen LogP contribution in [-0.4, -0.2) is 50.8 Å². The molecule has 1 aliphatic heterocycles. The number of nitrogens with two attached hydrogens (primary N) is 1. The average molecular weight is 516 g/mol. The fourth-order valence-electron chi connectivity index (χ4n) is 6.18. The zero-order valence-corrected chi connectivity index (χ0v) is 20.9. The first-order chi connectivity index (χ1) is 18.3. The minimum Gasteiger partial charge on any atom is -0.474 e. The third-order valence-corrected chi connectivity index (χ3v) is 8.13. The lowest BCUT2D eigenvalue weighted by atomic mass is 9.39. The fraction of sp³-hybridized carbons (Fsp3) is 0.346. The van der Waals surface area contributed by atoms with Gasteiger partial charge in [0.1, 0.15) is 12.3 Å². The van der Waals surface area contributed by atoms with Crippen LogP contribution in [0.3, 0.4) is 0 Å². The van der Waals surface area contributed by atoms with Crippen molar-refractivity contribution in [3.63, 3.8) is 0 Å². The van der Waals surface area contributed by atoms with E-state index in [-0.39, 0.29) is 22.5 Å². The van der Waals surface area contributed by atoms with Crippen LogP contribution in [0.1, 0.15) is 24.8 Å². The molecular weight excluding hydrogens is 489 g/mol. The molecule has 4 heterocycles. The van der Waals surface area contributed by atoms with Gasteiger partial charge in [0.25, 0.3) is 0 Å². The largest absolute Gasteiger partial charge is 0.474 e. The number of aromatic nitrogens is 5. The van der Waals surface area contributed by atoms with E-state index < -0.39 is 5.82 Å². The van der Waals surface area contributed by atoms with Crippen molar-refractivity contribution < 1.29 is 13.9 Å². The van der Waals surface area contributed by atoms with Crippen molar-refractivity contribution in [1.29, 1.82) is 0 Å². The van der Waals surface area contributed by atoms with E-state index in [1.165, 1.54) is 6.20 Å². The first-order valence-corrected chi connectivity index (χ1v) is 12.5. The molecule has 12 heteroatoms. The normalized spacial score (nSPS) is 22.9. The molecule has 3 saturated carbocycles. The maximum atomic E-state index is 15.4. The molecule has 11 nitrogen and oxygen atoms in total. The van der Waals surface area contributed by atoms with E-state index in [0.717, 1.165) is 36.2 Å². The van der Waals surface area contributed by atoms with Crippen LogP contribution in [0, 0.1) is 18.2 Å². The molecule has 4 aliphatic rings. The molecule has 8 rings (SSSR count). The summed E-state index contributed by atoms with van der Waals surface area (Å²) in [6.45, 7) is 3.07. The van der Waals surface area contributed by atoms with Crippen molar-refractivity contribution in [3.8, 4) is 17.0 Å². The highest BCUT2D eigenvalue weighted by Crippen LogP contribution is 2.71. The number of nitrogens with zero attached hydrogens (tertiary/aromatic N) is 5. The highest BCUT2D eigenvalue weighted by molar-refractivity contribution is 5.96. The van der Waals surface area contributed by atoms with Gasteiger partial charge in [-0.05, 0) is 37.8 Å². The predicted octanol–water partition coefficient (Wildman–Crippen LogP) is 3.09. The maximum absolute atomic E-state index is 15.4. The van der Waals surface area contributed by atoms with Crippen molar-refractivity contribution in [3.05, 3.63) is 42.2 Å². The standard InChI is InChI=1S/C26H26FN9O2/c1-13-16(7-31-22-21(13)30-3-4-38-22)15-5-18-17(20(28)19(15)27)8-32-24(35-18)34-14-6-33-36(9-14)26-10-25(11-26,12-26)23(37)29-2/h5-9,30H,3-4,10-12,28H2,1-2H3,(H,29,37)(H,32,34,35). The van der Waals surface area contributed by atoms with Crippen molar-refractivity contribution >= 4 is 39.8 Å². The SMILES string of the molecule is CNC(=O)C12CC(n3cc(Nc4ncc5c(N)c(F)c(-c6cnc7c(c6C)NCCO7)cc5n4)cn3)(C1)C2. The zero-order chi connectivity index (χ0) is 26.2. The molecule has 1 amide bonds. The van der Waals surface area contributed by atoms with Gasteiger partial charge < -0.3 is 26.4 Å². The second kappa shape index (κ2) is 7.76. The number of nitrogen functional groups attached to an aromatic ring is 1. The van der Waals surface area contributed by atoms with Gasteiger partial charge in [-0.3, -0.25) is 9.48 Å². The molecular formula is C26H26FN9O2. The number of carbonyl (C=O) groups excluding carboxylic acids is 1. The molecule has 0 unspecified atom stereocenters. The molecule has 4 aromatic rings. The average Bonchev–Trinajstić information content (AvgIpc) is 3.33. The lowest BCUT2D eigenvalue weighted by Crippen LogP contribution is -2.72. The molecule has 1 aromatic carbocycles. The highest BCUT2D eigenvalue weighted by atomic mass is 19.1. The van der Waals surface area contributed by atoms with E-state index in [0.29, 0.717) is 47.0 Å². The highest BCUT2D eigenvalue weighted by Gasteiger charge is 2.72. The third-order valence-electron chi connectivity index (χ3n) is 8.13. The molecule has 0 atom stereocenters. The van der Waals surface area contributed by atoms with Crippen LogP contribution in [0.15, 0.2) is 30.9 Å². The fourth-order valence-corrected chi connectivity index (χ4v) is 6.18. The van der Waals surface area contributed by atoms with Crippen LogP contribution in [-0.2, 0) is 10.3 Å². The number of pyridine rings is 1. The van der Waals surface area contributed by atoms with Gasteiger partial charge in [-0.15, -0.1) is 0 Å². The number of nitrogens with one attached hydrogen (secondary N) is 3. The van der Waals surface area contributed by atoms with Crippen molar-refractivity contribution in [2.24, 2.45) is 5.41 Å². The number of fused-ring (bicyclic) bond motifs is 2. The number of amides is 1. The number of hydrogen-bond donors (Lipinski definition) is 4. The summed E-state index contributed by atoms with van der Waals surface area (Å²) >= 11 is 0. The van der Waals surface area contributed by atoms with Gasteiger partial charge in [-0.1, -0.05) is 0 Å². The number of halogens is 1. The van der Waals surface area contributed by atoms with Crippen LogP contribution in [0.25, 0.3) is 22.0 Å². The van der Waals surface area contributed by atoms with Gasteiger partial charge in [0.05, 0.1) is 34.0 Å². The minimum atomic E-state index is -0.544. The molecule has 0 radical (unpaired) electrons. The Hall–Kier alpha value is -4.48. The van der Waals surface area contributed by atoms with Gasteiger partial charge in [0.15, 0.2) is 5.82 Å². The minimum absolute atomic E-state index is 0.0214. The number of anilines is 4. The number of hydrogen-bond acceptors (Lipinski definition) is 9. The molecule has 38 heavy (non-hydrogen) atoms. The van der Waals surface area contributed by atoms with Crippen molar-refractivity contribution in [2.75, 3.05) is 36.6 Å². The Morgan fingerprint density at radius 2 is 2.03 bits per heavy atom. The van der Waals surface area contributed by atoms with Gasteiger partial charge in [-0.2, -0.15) is 5.10 Å². The van der Waals surface area contributed by atoms with E-state index >= 15 is 4.39 Å². The van der Waals surface area contributed by atoms with Gasteiger partial charge in [-0.25, -0.2) is 19.3 Å². The molecule has 0 spiro atoms. The number of rotatable bonds is 5. The van der Waals surface area contributed by atoms with Crippen LogP contribution in [0.2, 0.25) is 0 Å². The Balaban J connectivity index is 1.18. The summed E-state index contributed by atoms with van der Waals surface area (Å²) in [6, 6.07) is 1.66. The van der Waals surface area contributed by atoms with Gasteiger partial charge in [0, 0.05) is 48.7 Å². The topological polar surface area (TPSA) is 145 Å². The Bertz CT molecular complexity index is 1630. The summed E-state index contributed by atoms with van der Waals surface area (Å²) in [7, 11) is 1.68. The Morgan fingerprint density at radius 3 is 2.82 bits per heavy atom. The number of ether oxygens (including phenoxy) is 1. The van der Waals surface area contributed by atoms with E-state index in [1.54, 1.807) is 25.5 Å². The van der Waals surface area contributed by atoms with Crippen LogP contribution in [0.4, 0.5) is 27.4 Å². The number of carbonyl (C=O) groups is 1. The summed E-state index contributed by atoms with van der Waals surface area (Å²) in [5.74, 6) is 0.403. The van der Waals surface area contributed by atoms with Crippen molar-refractivity contribution in [1.82, 2.24) is 30.0 Å². The van der Waals surface area contributed by atoms with Gasteiger partial charge >= 0.3 is 0 Å². The quantitative estimate of drug-likeness (QED) is 0.295. The summed E-state index contributed by atoms with van der Waals surface area (Å²) in [4.78, 5) is 25.4. The number of benzene rings is 1. The Kier molecular flexibility index (Phi) is 4.64. The zero-order valence-electron chi connectivity index (χ0n) is 20.9. The van der Waals surface area contributed by atoms with Crippen molar-refractivity contribution in [2.45, 2.75) is 31.7 Å². The molecule has 194 valence electrons. The molecule has 3 aromatic heterocycles. The second-order valence-corrected chi connectivity index (χ2v) is 10.4. The maximum Gasteiger partial charge on any atom is 0.237 e. The second-order valence-electron chi connectivity index (χ2n) is 10.4. The van der Waals surface area contributed by atoms with E-state index in [2.05, 4.69) is 36.0 Å². The van der Waals surface area contributed by atoms with Crippen LogP contribution in [0.5, 0.6) is 5.88 Å². The molecule has 3 aliphatic carbocycles. The summed E-state index contributed by atoms with van der Waals surface area (Å²) in [5, 5.41) is 14.2. The predicted molar refractivity (Wildman–Crippen MR) is 140 cm³/mol. The van der Waals surface area contributed by atoms with Crippen LogP contribution >= 0.6 is 0 Å². The Labute approximate surface area is 217 Å². The first kappa shape index (κ1) is 22.7. The van der Waals surface area contributed by atoms with E-state index in [9.17, 15) is 4.79 Å². The lowest BCUT2D eigenvalue weighted by molar-refractivity contribution is -0.200. The molecule has 3 fully saturated rings. The summed E-state index contributed by atoms with van der Waals surface area (Å²) < 4.78 is 23.0. The van der Waals surface area contributed by atoms with Crippen LogP contribution < -0.4 is 26.4 Å². The molecule has 0 saturated heterocycles. The first-order valence-electron chi connectivity index (χ1n) is 12.5. The summed E-state index contributed by atoms with van der Waals surface area (Å²) in [5.41, 5.74) is 9.53. The van der Waals surface area contributed by atoms with E-state index in [1.807, 2.05) is 17.8 Å². The molecule has 2 bridgehead atoms. The lowest BCUT2D eigenvalue weighted by Gasteiger charge is -2.68. The van der Waals surface area contributed by atoms with Gasteiger partial charge in [0.2, 0.25) is 17.7 Å². The summed E-state index contributed by atoms with van der Waals surface area (Å²) in [6.07, 6.45) is 9.10. The monoisotopic (exact) mass is 515 g/mol.